The van der Waals surface area contributed by atoms with Crippen LogP contribution in [0.25, 0.3) is 135 Å². The van der Waals surface area contributed by atoms with Crippen molar-refractivity contribution in [3.63, 3.8) is 0 Å². The van der Waals surface area contributed by atoms with Crippen molar-refractivity contribution in [3.05, 3.63) is 331 Å². The monoisotopic (exact) mass is 1950 g/mol. The number of hydrogen-bond donors (Lipinski definition) is 13. The van der Waals surface area contributed by atoms with Crippen LogP contribution in [0.5, 0.6) is 0 Å². The Morgan fingerprint density at radius 1 is 0.354 bits per heavy atom. The molecule has 24 rings (SSSR count). The normalized spacial score (nSPS) is 15.5. The van der Waals surface area contributed by atoms with E-state index in [2.05, 4.69) is 118 Å². The molecule has 1 aliphatic heterocycles. The van der Waals surface area contributed by atoms with Gasteiger partial charge in [-0.3, -0.25) is 27.9 Å². The molecule has 19 aromatic rings. The number of aliphatic hydroxyl groups is 2. The number of pyridine rings is 8. The summed E-state index contributed by atoms with van der Waals surface area (Å²) in [6.45, 7) is 6.67. The molecule has 0 radical (unpaired) electrons. The first-order valence-corrected chi connectivity index (χ1v) is 49.7. The maximum absolute atomic E-state index is 12.6. The number of carbonyl (C=O) groups excluding carboxylic acids is 2. The van der Waals surface area contributed by atoms with E-state index in [4.69, 9.17) is 90.5 Å². The largest absolute Gasteiger partial charge is 0.392 e. The first kappa shape index (κ1) is 96.2. The Bertz CT molecular complexity index is 7810. The van der Waals surface area contributed by atoms with Gasteiger partial charge in [-0.15, -0.1) is 0 Å². The lowest BCUT2D eigenvalue weighted by Crippen LogP contribution is -2.43. The number of nitrogens with one attached hydrogen (secondary N) is 3. The molecule has 7 aromatic carbocycles. The van der Waals surface area contributed by atoms with Crippen LogP contribution < -0.4 is 66.7 Å². The van der Waals surface area contributed by atoms with E-state index >= 15 is 0 Å². The number of imidazole rings is 4. The highest BCUT2D eigenvalue weighted by Gasteiger charge is 2.39. The van der Waals surface area contributed by atoms with Gasteiger partial charge in [0.15, 0.2) is 45.9 Å². The number of aromatic nitrogens is 16. The van der Waals surface area contributed by atoms with Crippen molar-refractivity contribution in [2.75, 3.05) is 72.5 Å². The van der Waals surface area contributed by atoms with Crippen LogP contribution in [0.1, 0.15) is 134 Å². The second-order valence-corrected chi connectivity index (χ2v) is 38.6. The zero-order chi connectivity index (χ0) is 101. The Labute approximate surface area is 848 Å². The number of rotatable bonds is 23. The minimum absolute atomic E-state index is 0.177. The Morgan fingerprint density at radius 2 is 0.673 bits per heavy atom. The average molecular weight is 1960 g/mol. The molecule has 1 saturated heterocycles. The summed E-state index contributed by atoms with van der Waals surface area (Å²) in [6, 6.07) is 88.5. The summed E-state index contributed by atoms with van der Waals surface area (Å²) in [5.41, 5.74) is 72.3. The Kier molecular flexibility index (Phi) is 26.6. The van der Waals surface area contributed by atoms with Gasteiger partial charge < -0.3 is 81.7 Å². The molecular weight excluding hydrogens is 1840 g/mol. The summed E-state index contributed by atoms with van der Waals surface area (Å²) >= 11 is 0. The Morgan fingerprint density at radius 3 is 0.993 bits per heavy atom. The van der Waals surface area contributed by atoms with Crippen LogP contribution in [0, 0.1) is 0 Å². The van der Waals surface area contributed by atoms with E-state index in [1.54, 1.807) is 62.9 Å². The van der Waals surface area contributed by atoms with Gasteiger partial charge in [-0.25, -0.2) is 59.8 Å². The number of nitrogens with zero attached hydrogens (tertiary/aromatic N) is 17. The van der Waals surface area contributed by atoms with E-state index < -0.39 is 12.2 Å². The summed E-state index contributed by atoms with van der Waals surface area (Å²) in [6.07, 6.45) is 18.1. The number of aliphatic hydroxyl groups excluding tert-OH is 2. The fraction of sp³-hybridized carbons (Fsp3) is 0.228. The SMILES string of the molecule is C[C@@H](O)CNC(=O)c1cccc(-c2ccc3nc(-c4cccnc4N)n(-c4ccc(C5(N)CCC5)cc4)c3n2)c1.C[C@H](O)CNC(=O)c1cccc(-c2ccc3nc(-c4cccnc4N)n(-c4ccc(C5(N)CCC5)cc4)c3n2)c1.Nc1ncccc1-c1nc2ccc(N3CCOCC3)nc2n1-c1ccc(C2(N)CCC2)cc1.Nc1ncccc1-c1nc2ccc(Nc3ccccc3)nc2n1-c1ccc(C2(N)CCC2)cc1. The molecule has 2 atom stereocenters. The highest BCUT2D eigenvalue weighted by atomic mass is 16.5. The fourth-order valence-corrected chi connectivity index (χ4v) is 19.5. The molecule has 4 aliphatic carbocycles. The zero-order valence-electron chi connectivity index (χ0n) is 81.5. The van der Waals surface area contributed by atoms with Gasteiger partial charge in [0.25, 0.3) is 11.8 Å². The van der Waals surface area contributed by atoms with Crippen LogP contribution in [-0.2, 0) is 26.9 Å². The topological polar surface area (TPSA) is 506 Å². The lowest BCUT2D eigenvalue weighted by molar-refractivity contribution is 0.0918. The third-order valence-corrected chi connectivity index (χ3v) is 28.4. The fourth-order valence-electron chi connectivity index (χ4n) is 19.5. The molecule has 5 fully saturated rings. The van der Waals surface area contributed by atoms with Crippen molar-refractivity contribution in [1.82, 2.24) is 88.7 Å². The van der Waals surface area contributed by atoms with Gasteiger partial charge in [0.05, 0.1) is 59.1 Å². The first-order valence-electron chi connectivity index (χ1n) is 49.7. The molecule has 0 bridgehead atoms. The number of para-hydroxylation sites is 1. The molecule has 740 valence electrons. The second kappa shape index (κ2) is 40.7. The third kappa shape index (κ3) is 19.7. The maximum atomic E-state index is 12.6. The summed E-state index contributed by atoms with van der Waals surface area (Å²) in [4.78, 5) is 84.2. The smallest absolute Gasteiger partial charge is 0.251 e. The minimum atomic E-state index is -0.627. The van der Waals surface area contributed by atoms with Crippen LogP contribution in [0.2, 0.25) is 0 Å². The molecule has 33 nitrogen and oxygen atoms in total. The van der Waals surface area contributed by atoms with Crippen LogP contribution in [0.4, 0.5) is 40.6 Å². The minimum Gasteiger partial charge on any atom is -0.392 e. The van der Waals surface area contributed by atoms with Crippen molar-refractivity contribution in [1.29, 1.82) is 0 Å². The molecule has 0 unspecified atom stereocenters. The van der Waals surface area contributed by atoms with E-state index in [-0.39, 0.29) is 47.1 Å². The summed E-state index contributed by atoms with van der Waals surface area (Å²) in [5, 5.41) is 27.9. The lowest BCUT2D eigenvalue weighted by Gasteiger charge is -2.38. The Hall–Kier alpha value is -16.9. The number of anilines is 7. The van der Waals surface area contributed by atoms with Gasteiger partial charge in [0.1, 0.15) is 57.0 Å². The number of amides is 2. The second-order valence-electron chi connectivity index (χ2n) is 38.6. The van der Waals surface area contributed by atoms with Gasteiger partial charge in [-0.05, 0) is 295 Å². The molecule has 4 saturated carbocycles. The highest BCUT2D eigenvalue weighted by Crippen LogP contribution is 2.46. The summed E-state index contributed by atoms with van der Waals surface area (Å²) in [7, 11) is 0. The van der Waals surface area contributed by atoms with Gasteiger partial charge in [0.2, 0.25) is 0 Å². The van der Waals surface area contributed by atoms with Crippen molar-refractivity contribution in [2.45, 2.75) is 125 Å². The van der Waals surface area contributed by atoms with E-state index in [9.17, 15) is 19.8 Å². The third-order valence-electron chi connectivity index (χ3n) is 28.4. The Balaban J connectivity index is 0.000000115. The molecule has 12 aromatic heterocycles. The molecule has 33 heteroatoms. The van der Waals surface area contributed by atoms with Crippen molar-refractivity contribution < 1.29 is 24.5 Å². The predicted octanol–water partition coefficient (Wildman–Crippen LogP) is 16.7. The number of morpholine rings is 1. The van der Waals surface area contributed by atoms with Crippen LogP contribution in [-0.4, -0.2) is 152 Å². The van der Waals surface area contributed by atoms with Crippen LogP contribution in [0.15, 0.2) is 298 Å². The van der Waals surface area contributed by atoms with E-state index in [1.165, 1.54) is 18.4 Å². The molecule has 13 heterocycles. The van der Waals surface area contributed by atoms with Crippen LogP contribution in [0.3, 0.4) is 0 Å². The lowest BCUT2D eigenvalue weighted by atomic mass is 9.73. The van der Waals surface area contributed by atoms with Gasteiger partial charge in [-0.1, -0.05) is 91.0 Å². The van der Waals surface area contributed by atoms with Crippen LogP contribution >= 0.6 is 0 Å². The maximum Gasteiger partial charge on any atom is 0.251 e. The first-order chi connectivity index (χ1) is 71.4. The molecule has 21 N–H and O–H groups in total. The number of ether oxygens (including phenoxy) is 1. The average Bonchev–Trinajstić information content (AvgIpc) is 1.60. The van der Waals surface area contributed by atoms with Crippen molar-refractivity contribution in [2.24, 2.45) is 22.9 Å². The number of hydrogen-bond acceptors (Lipinski definition) is 27. The standard InChI is InChI=1S/2C31H31N7O2.C27H25N7.C25H27N7O/c2*1-19(39)18-35-30(40)21-6-2-5-20(17-21)25-12-13-26-29(36-25)38(28(37-26)24-7-3-16-34-27(24)32)23-10-8-22(9-11-23)31(33)14-4-15-31;28-24-21(8-4-17-30-24)25-32-22-13-14-23(31-19-6-2-1-3-7-19)33-26(22)34(25)20-11-9-18(10-12-20)27(29)15-5-16-27;26-22-19(3-1-12-28-22)23-29-20-8-9-21(31-13-15-33-16-14-31)30-24(20)32(23)18-6-4-17(5-7-18)25(27)10-2-11-25/h2*2-3,5-13,16-17,19,39H,4,14-15,18,33H2,1H3,(H2,32,34)(H,35,40);1-4,6-14,17H,5,15-16,29H2,(H2,28,30)(H,31,33);1,3-9,12H,2,10-11,13-16,27H2,(H2,26,28)/t2*19-;;/m10../s1. The number of nitrogen functional groups attached to an aromatic ring is 4. The quantitative estimate of drug-likeness (QED) is 0.0283. The van der Waals surface area contributed by atoms with E-state index in [1.807, 2.05) is 190 Å². The highest BCUT2D eigenvalue weighted by molar-refractivity contribution is 5.97. The van der Waals surface area contributed by atoms with E-state index in [0.717, 1.165) is 184 Å². The number of carbonyl (C=O) groups is 2. The van der Waals surface area contributed by atoms with Gasteiger partial charge in [0, 0.05) is 124 Å². The predicted molar refractivity (Wildman–Crippen MR) is 577 cm³/mol. The van der Waals surface area contributed by atoms with E-state index in [0.29, 0.717) is 110 Å². The van der Waals surface area contributed by atoms with Crippen molar-refractivity contribution >= 4 is 97.1 Å². The zero-order valence-corrected chi connectivity index (χ0v) is 81.5. The molecule has 2 amide bonds. The summed E-state index contributed by atoms with van der Waals surface area (Å²) < 4.78 is 13.6. The van der Waals surface area contributed by atoms with Gasteiger partial charge in [-0.2, -0.15) is 0 Å². The number of benzene rings is 7. The number of nitrogens with two attached hydrogens (primary N) is 8. The summed E-state index contributed by atoms with van der Waals surface area (Å²) in [5.74, 6) is 5.45. The molecule has 5 aliphatic rings. The van der Waals surface area contributed by atoms with Crippen molar-refractivity contribution in [3.8, 4) is 90.8 Å². The number of fused-ring (bicyclic) bond motifs is 4. The molecular formula is C114H114N28O5. The van der Waals surface area contributed by atoms with Gasteiger partial charge >= 0.3 is 0 Å². The molecule has 147 heavy (non-hydrogen) atoms. The molecule has 0 spiro atoms.